The Hall–Kier alpha value is -1.38. The van der Waals surface area contributed by atoms with Crippen LogP contribution in [-0.4, -0.2) is 18.3 Å². The first-order valence-electron chi connectivity index (χ1n) is 5.82. The van der Waals surface area contributed by atoms with Gasteiger partial charge in [0.15, 0.2) is 0 Å². The van der Waals surface area contributed by atoms with Gasteiger partial charge in [-0.05, 0) is 33.8 Å². The van der Waals surface area contributed by atoms with E-state index >= 15 is 0 Å². The number of nitrogens with zero attached hydrogens (tertiary/aromatic N) is 1. The predicted molar refractivity (Wildman–Crippen MR) is 66.8 cm³/mol. The van der Waals surface area contributed by atoms with E-state index in [4.69, 9.17) is 14.6 Å². The van der Waals surface area contributed by atoms with Crippen molar-refractivity contribution in [2.24, 2.45) is 0 Å². The molecule has 0 amide bonds. The van der Waals surface area contributed by atoms with Crippen LogP contribution in [-0.2, 0) is 9.31 Å². The van der Waals surface area contributed by atoms with Crippen molar-refractivity contribution in [1.82, 2.24) is 0 Å². The zero-order chi connectivity index (χ0) is 13.6. The van der Waals surface area contributed by atoms with Crippen LogP contribution < -0.4 is 5.46 Å². The van der Waals surface area contributed by atoms with Crippen molar-refractivity contribution in [3.63, 3.8) is 0 Å². The maximum absolute atomic E-state index is 13.6. The van der Waals surface area contributed by atoms with E-state index in [1.54, 1.807) is 12.1 Å². The molecule has 0 bridgehead atoms. The van der Waals surface area contributed by atoms with E-state index < -0.39 is 24.1 Å². The number of benzene rings is 1. The first-order chi connectivity index (χ1) is 8.28. The van der Waals surface area contributed by atoms with Gasteiger partial charge in [-0.25, -0.2) is 4.39 Å². The topological polar surface area (TPSA) is 42.2 Å². The van der Waals surface area contributed by atoms with E-state index in [1.807, 2.05) is 33.8 Å². The summed E-state index contributed by atoms with van der Waals surface area (Å²) in [7, 11) is -0.708. The summed E-state index contributed by atoms with van der Waals surface area (Å²) in [5.74, 6) is -0.551. The highest BCUT2D eigenvalue weighted by Gasteiger charge is 2.52. The summed E-state index contributed by atoms with van der Waals surface area (Å²) in [5.41, 5.74) is -0.583. The third kappa shape index (κ3) is 1.92. The van der Waals surface area contributed by atoms with Crippen LogP contribution in [0.25, 0.3) is 0 Å². The summed E-state index contributed by atoms with van der Waals surface area (Å²) in [5, 5.41) is 9.02. The molecule has 1 fully saturated rings. The van der Waals surface area contributed by atoms with E-state index in [0.717, 1.165) is 0 Å². The molecule has 1 aromatic rings. The molecule has 1 aliphatic heterocycles. The third-order valence-electron chi connectivity index (χ3n) is 3.66. The minimum Gasteiger partial charge on any atom is -0.399 e. The van der Waals surface area contributed by atoms with Crippen LogP contribution in [0.5, 0.6) is 0 Å². The number of hydrogen-bond donors (Lipinski definition) is 0. The normalized spacial score (nSPS) is 20.8. The van der Waals surface area contributed by atoms with Gasteiger partial charge in [0.2, 0.25) is 0 Å². The number of halogens is 1. The van der Waals surface area contributed by atoms with Crippen LogP contribution >= 0.6 is 0 Å². The quantitative estimate of drug-likeness (QED) is 0.712. The molecule has 0 saturated carbocycles. The lowest BCUT2D eigenvalue weighted by Gasteiger charge is -2.32. The largest absolute Gasteiger partial charge is 0.496 e. The zero-order valence-corrected chi connectivity index (χ0v) is 11.0. The molecule has 1 aliphatic rings. The van der Waals surface area contributed by atoms with Crippen LogP contribution in [0, 0.1) is 17.1 Å². The molecule has 0 aromatic heterocycles. The van der Waals surface area contributed by atoms with Crippen LogP contribution in [0.15, 0.2) is 18.2 Å². The maximum atomic E-state index is 13.6. The van der Waals surface area contributed by atoms with Crippen LogP contribution in [0.1, 0.15) is 33.3 Å². The van der Waals surface area contributed by atoms with Crippen LogP contribution in [0.4, 0.5) is 4.39 Å². The molecule has 3 nitrogen and oxygen atoms in total. The second-order valence-electron chi connectivity index (χ2n) is 5.40. The lowest BCUT2D eigenvalue weighted by Crippen LogP contribution is -2.41. The first kappa shape index (κ1) is 13.1. The van der Waals surface area contributed by atoms with Gasteiger partial charge in [0.1, 0.15) is 11.9 Å². The van der Waals surface area contributed by atoms with E-state index in [-0.39, 0.29) is 5.56 Å². The molecule has 0 aliphatic carbocycles. The number of nitriles is 1. The predicted octanol–water partition coefficient (Wildman–Crippen LogP) is 2.00. The highest BCUT2D eigenvalue weighted by Crippen LogP contribution is 2.36. The molecule has 1 aromatic carbocycles. The molecule has 1 heterocycles. The Kier molecular flexibility index (Phi) is 2.96. The molecule has 1 saturated heterocycles. The lowest BCUT2D eigenvalue weighted by molar-refractivity contribution is 0.00578. The summed E-state index contributed by atoms with van der Waals surface area (Å²) >= 11 is 0. The SMILES string of the molecule is CC1(C)OB(c2cccc(F)c2C#N)OC1(C)C. The van der Waals surface area contributed by atoms with E-state index in [1.165, 1.54) is 6.07 Å². The van der Waals surface area contributed by atoms with Gasteiger partial charge in [0.05, 0.1) is 16.8 Å². The summed E-state index contributed by atoms with van der Waals surface area (Å²) in [6.45, 7) is 7.66. The monoisotopic (exact) mass is 247 g/mol. The van der Waals surface area contributed by atoms with Crippen LogP contribution in [0.3, 0.4) is 0 Å². The average Bonchev–Trinajstić information content (AvgIpc) is 2.47. The van der Waals surface area contributed by atoms with Gasteiger partial charge in [-0.15, -0.1) is 0 Å². The van der Waals surface area contributed by atoms with Crippen molar-refractivity contribution in [1.29, 1.82) is 5.26 Å². The number of rotatable bonds is 1. The molecular formula is C13H15BFNO2. The minimum absolute atomic E-state index is 0.0176. The van der Waals surface area contributed by atoms with Gasteiger partial charge in [-0.2, -0.15) is 5.26 Å². The molecule has 2 rings (SSSR count). The molecule has 18 heavy (non-hydrogen) atoms. The van der Waals surface area contributed by atoms with E-state index in [0.29, 0.717) is 5.46 Å². The minimum atomic E-state index is -0.708. The fourth-order valence-corrected chi connectivity index (χ4v) is 1.83. The van der Waals surface area contributed by atoms with Gasteiger partial charge in [0, 0.05) is 5.46 Å². The molecule has 5 heteroatoms. The fourth-order valence-electron chi connectivity index (χ4n) is 1.83. The van der Waals surface area contributed by atoms with Crippen molar-refractivity contribution in [2.75, 3.05) is 0 Å². The number of hydrogen-bond acceptors (Lipinski definition) is 3. The third-order valence-corrected chi connectivity index (χ3v) is 3.66. The van der Waals surface area contributed by atoms with Crippen LogP contribution in [0.2, 0.25) is 0 Å². The molecule has 0 N–H and O–H groups in total. The molecular weight excluding hydrogens is 232 g/mol. The van der Waals surface area contributed by atoms with E-state index in [9.17, 15) is 4.39 Å². The van der Waals surface area contributed by atoms with Crippen molar-refractivity contribution >= 4 is 12.6 Å². The van der Waals surface area contributed by atoms with Gasteiger partial charge >= 0.3 is 7.12 Å². The maximum Gasteiger partial charge on any atom is 0.496 e. The Labute approximate surface area is 107 Å². The molecule has 0 atom stereocenters. The van der Waals surface area contributed by atoms with E-state index in [2.05, 4.69) is 0 Å². The second kappa shape index (κ2) is 4.08. The Morgan fingerprint density at radius 2 is 1.72 bits per heavy atom. The second-order valence-corrected chi connectivity index (χ2v) is 5.40. The van der Waals surface area contributed by atoms with Crippen molar-refractivity contribution in [2.45, 2.75) is 38.9 Å². The van der Waals surface area contributed by atoms with Gasteiger partial charge < -0.3 is 9.31 Å². The van der Waals surface area contributed by atoms with Gasteiger partial charge in [-0.3, -0.25) is 0 Å². The standard InChI is InChI=1S/C13H15BFNO2/c1-12(2)13(3,4)18-14(17-12)10-6-5-7-11(15)9(10)8-16/h5-7H,1-4H3. The van der Waals surface area contributed by atoms with Crippen molar-refractivity contribution in [3.8, 4) is 6.07 Å². The van der Waals surface area contributed by atoms with Gasteiger partial charge in [-0.1, -0.05) is 12.1 Å². The molecule has 94 valence electrons. The molecule has 0 unspecified atom stereocenters. The Morgan fingerprint density at radius 3 is 2.22 bits per heavy atom. The highest BCUT2D eigenvalue weighted by atomic mass is 19.1. The molecule has 0 radical (unpaired) electrons. The van der Waals surface area contributed by atoms with Gasteiger partial charge in [0.25, 0.3) is 0 Å². The Balaban J connectivity index is 2.42. The lowest BCUT2D eigenvalue weighted by atomic mass is 9.76. The van der Waals surface area contributed by atoms with Crippen molar-refractivity contribution < 1.29 is 13.7 Å². The Morgan fingerprint density at radius 1 is 1.17 bits per heavy atom. The highest BCUT2D eigenvalue weighted by molar-refractivity contribution is 6.62. The fraction of sp³-hybridized carbons (Fsp3) is 0.462. The summed E-state index contributed by atoms with van der Waals surface area (Å²) in [6.07, 6.45) is 0. The Bertz CT molecular complexity index is 506. The first-order valence-corrected chi connectivity index (χ1v) is 5.82. The summed E-state index contributed by atoms with van der Waals surface area (Å²) in [4.78, 5) is 0. The summed E-state index contributed by atoms with van der Waals surface area (Å²) in [6, 6.07) is 6.33. The summed E-state index contributed by atoms with van der Waals surface area (Å²) < 4.78 is 25.2. The average molecular weight is 247 g/mol. The smallest absolute Gasteiger partial charge is 0.399 e. The van der Waals surface area contributed by atoms with Crippen molar-refractivity contribution in [3.05, 3.63) is 29.6 Å². The zero-order valence-electron chi connectivity index (χ0n) is 11.0. The molecule has 0 spiro atoms.